The second kappa shape index (κ2) is 18.3. The lowest BCUT2D eigenvalue weighted by atomic mass is 9.68. The number of nitrogens with two attached hydrogens (primary N) is 1. The number of amides is 5. The fraction of sp³-hybridized carbons (Fsp3) is 0.400. The first kappa shape index (κ1) is 45.7. The van der Waals surface area contributed by atoms with Gasteiger partial charge in [-0.1, -0.05) is 51.1 Å². The zero-order chi connectivity index (χ0) is 43.9. The molecule has 4 rings (SSSR count). The molecular formula is C40H45F5N6O8. The Labute approximate surface area is 336 Å². The highest BCUT2D eigenvalue weighted by atomic mass is 19.4. The molecule has 0 bridgehead atoms. The number of halogens is 5. The first-order valence-electron chi connectivity index (χ1n) is 18.2. The Balaban J connectivity index is 1.56. The Morgan fingerprint density at radius 2 is 1.44 bits per heavy atom. The average Bonchev–Trinajstić information content (AvgIpc) is 3.70. The number of carbonyl (C=O) groups is 6. The van der Waals surface area contributed by atoms with Gasteiger partial charge in [0.2, 0.25) is 11.6 Å². The van der Waals surface area contributed by atoms with Gasteiger partial charge in [0.15, 0.2) is 5.60 Å². The minimum absolute atomic E-state index is 0.0322. The number of hydrogen-bond acceptors (Lipinski definition) is 9. The molecule has 0 fully saturated rings. The summed E-state index contributed by atoms with van der Waals surface area (Å²) in [6, 6.07) is 13.8. The van der Waals surface area contributed by atoms with Crippen LogP contribution in [0, 0.1) is 17.0 Å². The quantitative estimate of drug-likeness (QED) is 0.0519. The van der Waals surface area contributed by atoms with E-state index in [0.717, 1.165) is 35.9 Å². The van der Waals surface area contributed by atoms with Crippen molar-refractivity contribution in [1.82, 2.24) is 25.4 Å². The number of methoxy groups -OCH3 is 1. The molecule has 2 heterocycles. The number of carbonyl (C=O) groups excluding carboxylic acids is 6. The van der Waals surface area contributed by atoms with Gasteiger partial charge in [-0.05, 0) is 42.2 Å². The van der Waals surface area contributed by atoms with Crippen LogP contribution >= 0.6 is 0 Å². The van der Waals surface area contributed by atoms with Crippen LogP contribution in [-0.2, 0) is 44.8 Å². The number of rotatable bonds is 17. The van der Waals surface area contributed by atoms with Crippen molar-refractivity contribution in [3.05, 3.63) is 95.8 Å². The predicted molar refractivity (Wildman–Crippen MR) is 202 cm³/mol. The zero-order valence-electron chi connectivity index (χ0n) is 32.9. The average molecular weight is 833 g/mol. The van der Waals surface area contributed by atoms with Crippen LogP contribution in [0.5, 0.6) is 0 Å². The normalized spacial score (nSPS) is 15.6. The molecule has 318 valence electrons. The molecule has 1 aliphatic rings. The lowest BCUT2D eigenvalue weighted by Gasteiger charge is -2.43. The maximum atomic E-state index is 15.1. The molecule has 14 nitrogen and oxygen atoms in total. The molecular weight excluding hydrogens is 787 g/mol. The molecule has 0 saturated heterocycles. The molecule has 19 heteroatoms. The Kier molecular flexibility index (Phi) is 14.2. The van der Waals surface area contributed by atoms with E-state index in [-0.39, 0.29) is 18.7 Å². The summed E-state index contributed by atoms with van der Waals surface area (Å²) >= 11 is 0. The smallest absolute Gasteiger partial charge is 0.428 e. The molecule has 0 unspecified atom stereocenters. The fourth-order valence-corrected chi connectivity index (χ4v) is 6.73. The summed E-state index contributed by atoms with van der Waals surface area (Å²) in [6.45, 7) is 5.13. The summed E-state index contributed by atoms with van der Waals surface area (Å²) in [5.41, 5.74) is 1.97. The SMILES string of the molecule is CO[C@](C)(C(=O)NCC[C@](N)(OC(=O)C(F)(F)F)C(=O)NCCNC(=O)CN1C(=O)C=CC1=O)[C@@H](c1cc(-c2cc(F)ccc2F)cn1Cc1ccccc1)C(C)(C)C. The van der Waals surface area contributed by atoms with Gasteiger partial charge in [-0.2, -0.15) is 13.2 Å². The summed E-state index contributed by atoms with van der Waals surface area (Å²) in [4.78, 5) is 75.5. The van der Waals surface area contributed by atoms with Crippen molar-refractivity contribution in [1.29, 1.82) is 0 Å². The van der Waals surface area contributed by atoms with Gasteiger partial charge in [-0.15, -0.1) is 0 Å². The molecule has 0 saturated carbocycles. The number of nitrogens with one attached hydrogen (secondary N) is 3. The number of aromatic nitrogens is 1. The van der Waals surface area contributed by atoms with E-state index in [1.807, 2.05) is 51.1 Å². The maximum absolute atomic E-state index is 15.1. The van der Waals surface area contributed by atoms with Gasteiger partial charge in [0.05, 0.1) is 0 Å². The number of benzene rings is 2. The van der Waals surface area contributed by atoms with Crippen LogP contribution in [0.3, 0.4) is 0 Å². The topological polar surface area (TPSA) is 191 Å². The van der Waals surface area contributed by atoms with Gasteiger partial charge >= 0.3 is 12.1 Å². The van der Waals surface area contributed by atoms with E-state index in [1.54, 1.807) is 16.8 Å². The summed E-state index contributed by atoms with van der Waals surface area (Å²) in [5, 5.41) is 7.00. The number of imide groups is 1. The first-order valence-corrected chi connectivity index (χ1v) is 18.2. The van der Waals surface area contributed by atoms with Gasteiger partial charge in [-0.3, -0.25) is 34.6 Å². The fourth-order valence-electron chi connectivity index (χ4n) is 6.73. The van der Waals surface area contributed by atoms with Crippen molar-refractivity contribution in [3.63, 3.8) is 0 Å². The molecule has 3 atom stereocenters. The molecule has 5 N–H and O–H groups in total. The van der Waals surface area contributed by atoms with Crippen LogP contribution in [0.2, 0.25) is 0 Å². The van der Waals surface area contributed by atoms with Gasteiger partial charge in [0, 0.05) is 80.8 Å². The standard InChI is InChI=1S/C40H45F5N6O8/c1-37(2,3)33(29-19-25(27-20-26(41)11-12-28(27)42)22-50(29)21-24-9-7-6-8-10-24)38(4,58-5)34(55)48-16-15-39(46,59-36(57)40(43,44)45)35(56)49-18-17-47-30(52)23-51-31(53)13-14-32(51)54/h6-14,19-20,22,33H,15-18,21,23,46H2,1-5H3,(H,47,52)(H,48,55)(H,49,56)/t33-,38-,39-/m0/s1. The molecule has 3 aromatic rings. The molecule has 0 aliphatic carbocycles. The number of ether oxygens (including phenoxy) is 2. The zero-order valence-corrected chi connectivity index (χ0v) is 32.9. The highest BCUT2D eigenvalue weighted by Crippen LogP contribution is 2.46. The van der Waals surface area contributed by atoms with Crippen LogP contribution in [-0.4, -0.2) is 95.8 Å². The second-order valence-electron chi connectivity index (χ2n) is 15.0. The van der Waals surface area contributed by atoms with E-state index in [4.69, 9.17) is 10.5 Å². The number of esters is 1. The molecule has 5 amide bonds. The second-order valence-corrected chi connectivity index (χ2v) is 15.0. The van der Waals surface area contributed by atoms with E-state index < -0.39 is 102 Å². The number of hydrogen-bond donors (Lipinski definition) is 4. The van der Waals surface area contributed by atoms with E-state index >= 15 is 4.39 Å². The monoisotopic (exact) mass is 832 g/mol. The van der Waals surface area contributed by atoms with Crippen LogP contribution in [0.4, 0.5) is 22.0 Å². The van der Waals surface area contributed by atoms with Crippen molar-refractivity contribution in [2.75, 3.05) is 33.3 Å². The van der Waals surface area contributed by atoms with Crippen LogP contribution in [0.15, 0.2) is 72.9 Å². The highest BCUT2D eigenvalue weighted by Gasteiger charge is 2.51. The minimum Gasteiger partial charge on any atom is -0.428 e. The van der Waals surface area contributed by atoms with Crippen LogP contribution in [0.1, 0.15) is 51.3 Å². The van der Waals surface area contributed by atoms with Crippen molar-refractivity contribution in [2.24, 2.45) is 11.1 Å². The summed E-state index contributed by atoms with van der Waals surface area (Å²) in [7, 11) is 1.26. The van der Waals surface area contributed by atoms with Crippen molar-refractivity contribution in [3.8, 4) is 11.1 Å². The van der Waals surface area contributed by atoms with Gasteiger partial charge in [0.25, 0.3) is 23.6 Å². The van der Waals surface area contributed by atoms with E-state index in [2.05, 4.69) is 20.7 Å². The molecule has 1 aromatic heterocycles. The van der Waals surface area contributed by atoms with E-state index in [9.17, 15) is 46.3 Å². The minimum atomic E-state index is -5.56. The molecule has 0 radical (unpaired) electrons. The Hall–Kier alpha value is -5.95. The van der Waals surface area contributed by atoms with Gasteiger partial charge in [0.1, 0.15) is 18.2 Å². The van der Waals surface area contributed by atoms with Crippen LogP contribution < -0.4 is 21.7 Å². The van der Waals surface area contributed by atoms with Gasteiger partial charge in [-0.25, -0.2) is 13.6 Å². The molecule has 2 aromatic carbocycles. The third-order valence-corrected chi connectivity index (χ3v) is 9.56. The predicted octanol–water partition coefficient (Wildman–Crippen LogP) is 3.44. The Morgan fingerprint density at radius 3 is 2.03 bits per heavy atom. The third-order valence-electron chi connectivity index (χ3n) is 9.56. The number of alkyl halides is 3. The summed E-state index contributed by atoms with van der Waals surface area (Å²) in [5.74, 6) is -9.47. The third kappa shape index (κ3) is 11.2. The van der Waals surface area contributed by atoms with Crippen molar-refractivity contribution in [2.45, 2.75) is 64.1 Å². The molecule has 1 aliphatic heterocycles. The maximum Gasteiger partial charge on any atom is 0.491 e. The Bertz CT molecular complexity index is 2080. The highest BCUT2D eigenvalue weighted by molar-refractivity contribution is 6.14. The number of nitrogens with zero attached hydrogens (tertiary/aromatic N) is 2. The molecule has 0 spiro atoms. The summed E-state index contributed by atoms with van der Waals surface area (Å²) < 4.78 is 81.5. The largest absolute Gasteiger partial charge is 0.491 e. The summed E-state index contributed by atoms with van der Waals surface area (Å²) in [6.07, 6.45) is -2.86. The lowest BCUT2D eigenvalue weighted by Crippen LogP contribution is -2.61. The lowest BCUT2D eigenvalue weighted by molar-refractivity contribution is -0.214. The first-order chi connectivity index (χ1) is 27.5. The molecule has 59 heavy (non-hydrogen) atoms. The van der Waals surface area contributed by atoms with Crippen molar-refractivity contribution < 1.29 is 60.2 Å². The van der Waals surface area contributed by atoms with Crippen molar-refractivity contribution >= 4 is 35.5 Å². The van der Waals surface area contributed by atoms with E-state index in [0.29, 0.717) is 16.2 Å². The van der Waals surface area contributed by atoms with Crippen LogP contribution in [0.25, 0.3) is 11.1 Å². The Morgan fingerprint density at radius 1 is 0.831 bits per heavy atom. The van der Waals surface area contributed by atoms with E-state index in [1.165, 1.54) is 14.0 Å². The van der Waals surface area contributed by atoms with Gasteiger partial charge < -0.3 is 30.0 Å².